The number of carboxylic acids is 1. The molecule has 0 radical (unpaired) electrons. The van der Waals surface area contributed by atoms with Crippen molar-refractivity contribution in [2.45, 2.75) is 33.1 Å². The number of carbonyl (C=O) groups excluding carboxylic acids is 1. The summed E-state index contributed by atoms with van der Waals surface area (Å²) in [6.07, 6.45) is 0.914. The Morgan fingerprint density at radius 2 is 2.17 bits per heavy atom. The highest BCUT2D eigenvalue weighted by Crippen LogP contribution is 2.24. The molecule has 0 fully saturated rings. The summed E-state index contributed by atoms with van der Waals surface area (Å²) in [5.41, 5.74) is 2.20. The van der Waals surface area contributed by atoms with Gasteiger partial charge in [-0.3, -0.25) is 9.59 Å². The molecule has 0 saturated heterocycles. The minimum Gasteiger partial charge on any atom is -0.481 e. The first-order valence-electron chi connectivity index (χ1n) is 5.75. The summed E-state index contributed by atoms with van der Waals surface area (Å²) in [5, 5.41) is 13.5. The highest BCUT2D eigenvalue weighted by atomic mass is 32.1. The Labute approximate surface area is 110 Å². The first kappa shape index (κ1) is 14.6. The quantitative estimate of drug-likeness (QED) is 0.790. The van der Waals surface area contributed by atoms with Gasteiger partial charge in [0.2, 0.25) is 5.91 Å². The summed E-state index contributed by atoms with van der Waals surface area (Å²) in [7, 11) is 0. The van der Waals surface area contributed by atoms with Crippen molar-refractivity contribution in [3.8, 4) is 0 Å². The third-order valence-electron chi connectivity index (χ3n) is 2.46. The number of aromatic nitrogens is 1. The minimum absolute atomic E-state index is 0.00743. The molecule has 1 rings (SSSR count). The van der Waals surface area contributed by atoms with E-state index in [9.17, 15) is 9.59 Å². The number of aliphatic carboxylic acids is 1. The number of thiazole rings is 1. The summed E-state index contributed by atoms with van der Waals surface area (Å²) in [4.78, 5) is 26.4. The van der Waals surface area contributed by atoms with Crippen molar-refractivity contribution in [2.75, 3.05) is 6.54 Å². The van der Waals surface area contributed by atoms with Crippen molar-refractivity contribution >= 4 is 23.2 Å². The molecule has 1 aromatic rings. The van der Waals surface area contributed by atoms with E-state index in [-0.39, 0.29) is 18.7 Å². The smallest absolute Gasteiger partial charge is 0.303 e. The van der Waals surface area contributed by atoms with Crippen LogP contribution in [0.5, 0.6) is 0 Å². The van der Waals surface area contributed by atoms with Crippen LogP contribution in [0.25, 0.3) is 0 Å². The van der Waals surface area contributed by atoms with Gasteiger partial charge in [-0.2, -0.15) is 0 Å². The highest BCUT2D eigenvalue weighted by molar-refractivity contribution is 7.07. The lowest BCUT2D eigenvalue weighted by molar-refractivity contribution is -0.139. The van der Waals surface area contributed by atoms with Crippen molar-refractivity contribution in [1.29, 1.82) is 0 Å². The fraction of sp³-hybridized carbons (Fsp3) is 0.583. The number of carbonyl (C=O) groups is 2. The number of rotatable bonds is 7. The van der Waals surface area contributed by atoms with E-state index < -0.39 is 11.4 Å². The largest absolute Gasteiger partial charge is 0.481 e. The summed E-state index contributed by atoms with van der Waals surface area (Å²) in [6.45, 7) is 4.09. The number of amides is 1. The molecule has 100 valence electrons. The van der Waals surface area contributed by atoms with Gasteiger partial charge >= 0.3 is 5.97 Å². The monoisotopic (exact) mass is 270 g/mol. The Morgan fingerprint density at radius 1 is 1.44 bits per heavy atom. The number of nitrogens with zero attached hydrogens (tertiary/aromatic N) is 1. The molecule has 0 aliphatic carbocycles. The molecule has 1 amide bonds. The van der Waals surface area contributed by atoms with Gasteiger partial charge in [0.1, 0.15) is 0 Å². The summed E-state index contributed by atoms with van der Waals surface area (Å²) in [5.74, 6) is -0.994. The van der Waals surface area contributed by atoms with Gasteiger partial charge in [0.25, 0.3) is 0 Å². The topological polar surface area (TPSA) is 79.3 Å². The second-order valence-electron chi connectivity index (χ2n) is 4.99. The van der Waals surface area contributed by atoms with Gasteiger partial charge in [0, 0.05) is 24.8 Å². The van der Waals surface area contributed by atoms with E-state index in [1.165, 1.54) is 11.3 Å². The lowest BCUT2D eigenvalue weighted by Crippen LogP contribution is -2.31. The van der Waals surface area contributed by atoms with Crippen LogP contribution in [-0.4, -0.2) is 28.5 Å². The maximum atomic E-state index is 11.6. The molecule has 1 heterocycles. The van der Waals surface area contributed by atoms with Crippen LogP contribution in [0.2, 0.25) is 0 Å². The number of hydrogen-bond donors (Lipinski definition) is 2. The second kappa shape index (κ2) is 6.49. The van der Waals surface area contributed by atoms with Gasteiger partial charge in [-0.05, 0) is 5.41 Å². The van der Waals surface area contributed by atoms with Crippen LogP contribution in [0.1, 0.15) is 32.4 Å². The first-order chi connectivity index (χ1) is 8.39. The molecule has 5 nitrogen and oxygen atoms in total. The second-order valence-corrected chi connectivity index (χ2v) is 5.71. The third-order valence-corrected chi connectivity index (χ3v) is 3.09. The van der Waals surface area contributed by atoms with E-state index in [0.717, 1.165) is 5.69 Å². The Bertz CT molecular complexity index is 401. The Balaban J connectivity index is 2.26. The molecule has 2 N–H and O–H groups in total. The Hall–Kier alpha value is -1.43. The van der Waals surface area contributed by atoms with Crippen LogP contribution in [0.4, 0.5) is 0 Å². The molecule has 0 aromatic carbocycles. The van der Waals surface area contributed by atoms with Crippen molar-refractivity contribution in [3.05, 3.63) is 16.6 Å². The molecule has 0 aliphatic rings. The zero-order valence-corrected chi connectivity index (χ0v) is 11.4. The van der Waals surface area contributed by atoms with E-state index in [1.54, 1.807) is 19.4 Å². The molecule has 0 bridgehead atoms. The van der Waals surface area contributed by atoms with Gasteiger partial charge in [0.05, 0.1) is 17.6 Å². The maximum absolute atomic E-state index is 11.6. The number of nitrogens with one attached hydrogen (secondary N) is 1. The average Bonchev–Trinajstić information content (AvgIpc) is 2.66. The first-order valence-corrected chi connectivity index (χ1v) is 6.69. The minimum atomic E-state index is -0.879. The molecule has 6 heteroatoms. The predicted molar refractivity (Wildman–Crippen MR) is 69.5 cm³/mol. The fourth-order valence-corrected chi connectivity index (χ4v) is 2.25. The average molecular weight is 270 g/mol. The van der Waals surface area contributed by atoms with Crippen molar-refractivity contribution in [2.24, 2.45) is 5.41 Å². The molecule has 0 unspecified atom stereocenters. The van der Waals surface area contributed by atoms with Crippen LogP contribution in [0.15, 0.2) is 10.9 Å². The van der Waals surface area contributed by atoms with Crippen LogP contribution in [-0.2, 0) is 16.0 Å². The van der Waals surface area contributed by atoms with Crippen LogP contribution >= 0.6 is 11.3 Å². The normalized spacial score (nSPS) is 11.2. The molecule has 0 aliphatic heterocycles. The number of hydrogen-bond acceptors (Lipinski definition) is 4. The van der Waals surface area contributed by atoms with Gasteiger partial charge in [-0.15, -0.1) is 11.3 Å². The van der Waals surface area contributed by atoms with Crippen molar-refractivity contribution in [1.82, 2.24) is 10.3 Å². The van der Waals surface area contributed by atoms with Gasteiger partial charge in [-0.1, -0.05) is 13.8 Å². The van der Waals surface area contributed by atoms with Gasteiger partial charge in [0.15, 0.2) is 0 Å². The van der Waals surface area contributed by atoms with E-state index in [1.807, 2.05) is 5.38 Å². The number of carboxylic acid groups (broad SMARTS) is 1. The van der Waals surface area contributed by atoms with Crippen LogP contribution in [0.3, 0.4) is 0 Å². The van der Waals surface area contributed by atoms with Gasteiger partial charge in [-0.25, -0.2) is 4.98 Å². The Kier molecular flexibility index (Phi) is 5.27. The lowest BCUT2D eigenvalue weighted by Gasteiger charge is -2.21. The molecule has 18 heavy (non-hydrogen) atoms. The Morgan fingerprint density at radius 3 is 2.72 bits per heavy atom. The third kappa shape index (κ3) is 5.77. The molecule has 0 atom stereocenters. The lowest BCUT2D eigenvalue weighted by atomic mass is 9.85. The van der Waals surface area contributed by atoms with Gasteiger partial charge < -0.3 is 10.4 Å². The van der Waals surface area contributed by atoms with Crippen LogP contribution < -0.4 is 5.32 Å². The van der Waals surface area contributed by atoms with Crippen molar-refractivity contribution in [3.63, 3.8) is 0 Å². The van der Waals surface area contributed by atoms with E-state index in [0.29, 0.717) is 13.0 Å². The zero-order chi connectivity index (χ0) is 13.6. The fourth-order valence-electron chi connectivity index (χ4n) is 1.66. The molecular weight excluding hydrogens is 252 g/mol. The summed E-state index contributed by atoms with van der Waals surface area (Å²) < 4.78 is 0. The highest BCUT2D eigenvalue weighted by Gasteiger charge is 2.24. The van der Waals surface area contributed by atoms with E-state index in [4.69, 9.17) is 5.11 Å². The van der Waals surface area contributed by atoms with E-state index >= 15 is 0 Å². The summed E-state index contributed by atoms with van der Waals surface area (Å²) in [6, 6.07) is 0. The van der Waals surface area contributed by atoms with Crippen LogP contribution in [0, 0.1) is 5.41 Å². The molecule has 0 spiro atoms. The molecule has 0 saturated carbocycles. The SMILES string of the molecule is CC(C)(CC(=O)O)CC(=O)NCCc1cscn1. The van der Waals surface area contributed by atoms with E-state index in [2.05, 4.69) is 10.3 Å². The summed E-state index contributed by atoms with van der Waals surface area (Å²) >= 11 is 1.53. The predicted octanol–water partition coefficient (Wildman–Crippen LogP) is 1.69. The zero-order valence-electron chi connectivity index (χ0n) is 10.6. The maximum Gasteiger partial charge on any atom is 0.303 e. The molecular formula is C12H18N2O3S. The standard InChI is InChI=1S/C12H18N2O3S/c1-12(2,6-11(16)17)5-10(15)13-4-3-9-7-18-8-14-9/h7-8H,3-6H2,1-2H3,(H,13,15)(H,16,17). The van der Waals surface area contributed by atoms with Crippen molar-refractivity contribution < 1.29 is 14.7 Å². The molecule has 1 aromatic heterocycles.